The number of benzene rings is 1. The van der Waals surface area contributed by atoms with E-state index in [1.807, 2.05) is 24.3 Å². The zero-order chi connectivity index (χ0) is 17.4. The molecule has 24 heavy (non-hydrogen) atoms. The minimum absolute atomic E-state index is 0.0715. The number of rotatable bonds is 7. The Bertz CT molecular complexity index is 644. The molecule has 0 spiro atoms. The highest BCUT2D eigenvalue weighted by Gasteiger charge is 2.28. The summed E-state index contributed by atoms with van der Waals surface area (Å²) >= 11 is 0. The van der Waals surface area contributed by atoms with Crippen LogP contribution in [0.1, 0.15) is 12.0 Å². The van der Waals surface area contributed by atoms with Crippen molar-refractivity contribution < 1.29 is 17.9 Å². The van der Waals surface area contributed by atoms with Crippen molar-refractivity contribution in [3.05, 3.63) is 29.8 Å². The smallest absolute Gasteiger partial charge is 0.191 e. The summed E-state index contributed by atoms with van der Waals surface area (Å²) < 4.78 is 33.4. The molecule has 1 saturated heterocycles. The lowest BCUT2D eigenvalue weighted by atomic mass is 10.2. The fraction of sp³-hybridized carbons (Fsp3) is 0.562. The first-order valence-electron chi connectivity index (χ1n) is 7.90. The van der Waals surface area contributed by atoms with Gasteiger partial charge in [0.2, 0.25) is 0 Å². The van der Waals surface area contributed by atoms with Crippen LogP contribution in [0.25, 0.3) is 0 Å². The summed E-state index contributed by atoms with van der Waals surface area (Å²) in [5.41, 5.74) is 1.08. The number of methoxy groups -OCH3 is 1. The number of hydrogen-bond acceptors (Lipinski definition) is 5. The molecule has 2 rings (SSSR count). The summed E-state index contributed by atoms with van der Waals surface area (Å²) in [4.78, 5) is 4.14. The van der Waals surface area contributed by atoms with Crippen LogP contribution in [0.15, 0.2) is 29.3 Å². The van der Waals surface area contributed by atoms with Gasteiger partial charge in [-0.3, -0.25) is 4.99 Å². The van der Waals surface area contributed by atoms with E-state index in [1.54, 1.807) is 14.2 Å². The summed E-state index contributed by atoms with van der Waals surface area (Å²) in [6, 6.07) is 7.70. The minimum Gasteiger partial charge on any atom is -0.491 e. The maximum atomic E-state index is 11.5. The molecule has 0 amide bonds. The molecule has 1 atom stereocenters. The Balaban J connectivity index is 1.78. The lowest BCUT2D eigenvalue weighted by Gasteiger charge is -2.16. The molecule has 1 aliphatic heterocycles. The largest absolute Gasteiger partial charge is 0.491 e. The zero-order valence-electron chi connectivity index (χ0n) is 14.1. The third-order valence-electron chi connectivity index (χ3n) is 3.74. The second-order valence-electron chi connectivity index (χ2n) is 5.66. The van der Waals surface area contributed by atoms with E-state index in [0.717, 1.165) is 11.3 Å². The van der Waals surface area contributed by atoms with Gasteiger partial charge in [-0.2, -0.15) is 0 Å². The lowest BCUT2D eigenvalue weighted by Crippen LogP contribution is -2.43. The van der Waals surface area contributed by atoms with E-state index in [2.05, 4.69) is 15.6 Å². The molecule has 0 aromatic heterocycles. The second kappa shape index (κ2) is 8.89. The highest BCUT2D eigenvalue weighted by atomic mass is 32.2. The molecule has 2 N–H and O–H groups in total. The van der Waals surface area contributed by atoms with Crippen molar-refractivity contribution in [2.75, 3.05) is 38.9 Å². The van der Waals surface area contributed by atoms with Gasteiger partial charge in [-0.15, -0.1) is 0 Å². The summed E-state index contributed by atoms with van der Waals surface area (Å²) in [7, 11) is 0.412. The topological polar surface area (TPSA) is 89.0 Å². The van der Waals surface area contributed by atoms with Crippen LogP contribution in [-0.4, -0.2) is 59.3 Å². The lowest BCUT2D eigenvalue weighted by molar-refractivity contribution is 0.146. The van der Waals surface area contributed by atoms with Crippen LogP contribution >= 0.6 is 0 Å². The Labute approximate surface area is 143 Å². The Kier molecular flexibility index (Phi) is 6.86. The van der Waals surface area contributed by atoms with Crippen LogP contribution in [0, 0.1) is 0 Å². The van der Waals surface area contributed by atoms with Crippen LogP contribution in [0.3, 0.4) is 0 Å². The first-order chi connectivity index (χ1) is 11.5. The van der Waals surface area contributed by atoms with Gasteiger partial charge in [0.15, 0.2) is 15.8 Å². The quantitative estimate of drug-likeness (QED) is 0.422. The molecule has 0 bridgehead atoms. The van der Waals surface area contributed by atoms with Gasteiger partial charge in [0.1, 0.15) is 12.4 Å². The minimum atomic E-state index is -2.90. The SMILES string of the molecule is CN=C(NCc1ccc(OCCOC)cc1)NC1CCS(=O)(=O)C1. The monoisotopic (exact) mass is 355 g/mol. The molecule has 1 fully saturated rings. The zero-order valence-corrected chi connectivity index (χ0v) is 14.9. The van der Waals surface area contributed by atoms with E-state index >= 15 is 0 Å². The van der Waals surface area contributed by atoms with E-state index in [-0.39, 0.29) is 17.5 Å². The highest BCUT2D eigenvalue weighted by Crippen LogP contribution is 2.13. The van der Waals surface area contributed by atoms with Gasteiger partial charge in [-0.1, -0.05) is 12.1 Å². The van der Waals surface area contributed by atoms with Crippen molar-refractivity contribution in [2.45, 2.75) is 19.0 Å². The summed E-state index contributed by atoms with van der Waals surface area (Å²) in [6.45, 7) is 1.68. The molecule has 1 unspecified atom stereocenters. The van der Waals surface area contributed by atoms with Gasteiger partial charge in [-0.25, -0.2) is 8.42 Å². The van der Waals surface area contributed by atoms with Gasteiger partial charge in [0.25, 0.3) is 0 Å². The molecule has 1 heterocycles. The Morgan fingerprint density at radius 1 is 1.29 bits per heavy atom. The van der Waals surface area contributed by atoms with Crippen LogP contribution < -0.4 is 15.4 Å². The van der Waals surface area contributed by atoms with Crippen molar-refractivity contribution >= 4 is 15.8 Å². The number of sulfone groups is 1. The maximum absolute atomic E-state index is 11.5. The fourth-order valence-electron chi connectivity index (χ4n) is 2.43. The molecule has 0 saturated carbocycles. The molecule has 134 valence electrons. The van der Waals surface area contributed by atoms with E-state index in [0.29, 0.717) is 32.1 Å². The average molecular weight is 355 g/mol. The van der Waals surface area contributed by atoms with Gasteiger partial charge in [0, 0.05) is 26.7 Å². The molecule has 1 aromatic carbocycles. The molecule has 0 radical (unpaired) electrons. The van der Waals surface area contributed by atoms with Crippen molar-refractivity contribution in [1.29, 1.82) is 0 Å². The molecular formula is C16H25N3O4S. The average Bonchev–Trinajstić information content (AvgIpc) is 2.91. The Hall–Kier alpha value is -1.80. The van der Waals surface area contributed by atoms with Crippen molar-refractivity contribution in [3.8, 4) is 5.75 Å². The summed E-state index contributed by atoms with van der Waals surface area (Å²) in [6.07, 6.45) is 0.622. The molecule has 0 aliphatic carbocycles. The Morgan fingerprint density at radius 2 is 2.04 bits per heavy atom. The maximum Gasteiger partial charge on any atom is 0.191 e. The number of guanidine groups is 1. The standard InChI is InChI=1S/C16H25N3O4S/c1-17-16(19-14-7-10-24(20,21)12-14)18-11-13-3-5-15(6-4-13)23-9-8-22-2/h3-6,14H,7-12H2,1-2H3,(H2,17,18,19). The molecule has 7 nitrogen and oxygen atoms in total. The normalized spacial score (nSPS) is 19.9. The number of nitrogens with one attached hydrogen (secondary N) is 2. The van der Waals surface area contributed by atoms with Gasteiger partial charge in [0.05, 0.1) is 18.1 Å². The number of hydrogen-bond donors (Lipinski definition) is 2. The third kappa shape index (κ3) is 6.01. The summed E-state index contributed by atoms with van der Waals surface area (Å²) in [5, 5.41) is 6.35. The number of nitrogens with zero attached hydrogens (tertiary/aromatic N) is 1. The fourth-order valence-corrected chi connectivity index (χ4v) is 4.10. The Morgan fingerprint density at radius 3 is 2.62 bits per heavy atom. The predicted octanol–water partition coefficient (Wildman–Crippen LogP) is 0.564. The molecular weight excluding hydrogens is 330 g/mol. The second-order valence-corrected chi connectivity index (χ2v) is 7.88. The first-order valence-corrected chi connectivity index (χ1v) is 9.73. The van der Waals surface area contributed by atoms with E-state index in [4.69, 9.17) is 9.47 Å². The highest BCUT2D eigenvalue weighted by molar-refractivity contribution is 7.91. The van der Waals surface area contributed by atoms with Crippen LogP contribution in [0.5, 0.6) is 5.75 Å². The van der Waals surface area contributed by atoms with E-state index in [9.17, 15) is 8.42 Å². The third-order valence-corrected chi connectivity index (χ3v) is 5.50. The van der Waals surface area contributed by atoms with Gasteiger partial charge < -0.3 is 20.1 Å². The first kappa shape index (κ1) is 18.5. The molecule has 1 aliphatic rings. The van der Waals surface area contributed by atoms with Gasteiger partial charge >= 0.3 is 0 Å². The van der Waals surface area contributed by atoms with Crippen LogP contribution in [0.4, 0.5) is 0 Å². The molecule has 8 heteroatoms. The van der Waals surface area contributed by atoms with Crippen molar-refractivity contribution in [3.63, 3.8) is 0 Å². The summed E-state index contributed by atoms with van der Waals surface area (Å²) in [5.74, 6) is 1.82. The van der Waals surface area contributed by atoms with Crippen molar-refractivity contribution in [1.82, 2.24) is 10.6 Å². The van der Waals surface area contributed by atoms with Crippen LogP contribution in [-0.2, 0) is 21.1 Å². The number of aliphatic imine (C=N–C) groups is 1. The van der Waals surface area contributed by atoms with E-state index < -0.39 is 9.84 Å². The predicted molar refractivity (Wildman–Crippen MR) is 94.2 cm³/mol. The van der Waals surface area contributed by atoms with Crippen LogP contribution in [0.2, 0.25) is 0 Å². The molecule has 1 aromatic rings. The number of ether oxygens (including phenoxy) is 2. The van der Waals surface area contributed by atoms with E-state index in [1.165, 1.54) is 0 Å². The van der Waals surface area contributed by atoms with Gasteiger partial charge in [-0.05, 0) is 24.1 Å². The van der Waals surface area contributed by atoms with Crippen molar-refractivity contribution in [2.24, 2.45) is 4.99 Å².